The Hall–Kier alpha value is -2.34. The first-order valence-corrected chi connectivity index (χ1v) is 12.3. The number of rotatable bonds is 16. The van der Waals surface area contributed by atoms with Crippen molar-refractivity contribution in [3.63, 3.8) is 0 Å². The van der Waals surface area contributed by atoms with Gasteiger partial charge in [-0.2, -0.15) is 11.8 Å². The van der Waals surface area contributed by atoms with Crippen LogP contribution in [0.15, 0.2) is 0 Å². The van der Waals surface area contributed by atoms with Crippen molar-refractivity contribution in [2.45, 2.75) is 77.5 Å². The van der Waals surface area contributed by atoms with Crippen molar-refractivity contribution in [2.24, 2.45) is 17.6 Å². The van der Waals surface area contributed by atoms with E-state index in [2.05, 4.69) is 16.0 Å². The minimum Gasteiger partial charge on any atom is -0.481 e. The fraction of sp³-hybridized carbons (Fsp3) is 0.762. The first kappa shape index (κ1) is 30.7. The fourth-order valence-corrected chi connectivity index (χ4v) is 3.45. The van der Waals surface area contributed by atoms with Gasteiger partial charge in [0.25, 0.3) is 0 Å². The zero-order valence-electron chi connectivity index (χ0n) is 19.9. The molecule has 0 aliphatic carbocycles. The first-order valence-electron chi connectivity index (χ1n) is 10.9. The molecule has 0 radical (unpaired) electrons. The molecule has 0 aliphatic heterocycles. The first-order chi connectivity index (χ1) is 15.3. The lowest BCUT2D eigenvalue weighted by Gasteiger charge is -2.27. The number of aliphatic carboxylic acids is 2. The van der Waals surface area contributed by atoms with Gasteiger partial charge in [-0.15, -0.1) is 0 Å². The van der Waals surface area contributed by atoms with E-state index >= 15 is 0 Å². The molecule has 0 spiro atoms. The lowest BCUT2D eigenvalue weighted by atomic mass is 9.98. The second kappa shape index (κ2) is 15.5. The molecule has 0 rings (SSSR count). The van der Waals surface area contributed by atoms with Crippen LogP contribution in [0.25, 0.3) is 0 Å². The molecular formula is C21H38N4O7S. The standard InChI is InChI=1S/C21H38N4O7S/c1-6-12(4)17(21(31)32)25-19(29)14(7-8-33-5)23-20(30)15(9-11(2)3)24-18(28)13(22)10-16(26)27/h11-15,17H,6-10,22H2,1-5H3,(H,23,30)(H,24,28)(H,25,29)(H,26,27)(H,31,32). The monoisotopic (exact) mass is 490 g/mol. The molecule has 7 N–H and O–H groups in total. The van der Waals surface area contributed by atoms with Crippen molar-refractivity contribution in [3.8, 4) is 0 Å². The van der Waals surface area contributed by atoms with E-state index in [-0.39, 0.29) is 24.7 Å². The molecule has 190 valence electrons. The van der Waals surface area contributed by atoms with Crippen LogP contribution in [-0.4, -0.2) is 76.0 Å². The van der Waals surface area contributed by atoms with Crippen LogP contribution in [0, 0.1) is 11.8 Å². The molecule has 0 aromatic carbocycles. The van der Waals surface area contributed by atoms with Gasteiger partial charge in [0.05, 0.1) is 12.5 Å². The highest BCUT2D eigenvalue weighted by atomic mass is 32.2. The van der Waals surface area contributed by atoms with Crippen molar-refractivity contribution in [2.75, 3.05) is 12.0 Å². The molecule has 0 aromatic heterocycles. The predicted octanol–water partition coefficient (Wildman–Crippen LogP) is 0.173. The Kier molecular flexibility index (Phi) is 14.4. The highest BCUT2D eigenvalue weighted by molar-refractivity contribution is 7.98. The second-order valence-electron chi connectivity index (χ2n) is 8.45. The maximum Gasteiger partial charge on any atom is 0.326 e. The van der Waals surface area contributed by atoms with E-state index in [1.54, 1.807) is 6.92 Å². The number of thioether (sulfide) groups is 1. The average molecular weight is 491 g/mol. The quantitative estimate of drug-likeness (QED) is 0.175. The zero-order chi connectivity index (χ0) is 25.7. The van der Waals surface area contributed by atoms with Gasteiger partial charge in [-0.05, 0) is 36.7 Å². The number of hydrogen-bond donors (Lipinski definition) is 6. The highest BCUT2D eigenvalue weighted by Crippen LogP contribution is 2.11. The molecule has 5 unspecified atom stereocenters. The highest BCUT2D eigenvalue weighted by Gasteiger charge is 2.32. The van der Waals surface area contributed by atoms with Gasteiger partial charge in [-0.1, -0.05) is 34.1 Å². The van der Waals surface area contributed by atoms with E-state index in [0.717, 1.165) is 0 Å². The number of carbonyl (C=O) groups excluding carboxylic acids is 3. The van der Waals surface area contributed by atoms with Crippen LogP contribution in [0.4, 0.5) is 0 Å². The van der Waals surface area contributed by atoms with Crippen molar-refractivity contribution < 1.29 is 34.2 Å². The third-order valence-corrected chi connectivity index (χ3v) is 5.74. The van der Waals surface area contributed by atoms with E-state index in [4.69, 9.17) is 10.8 Å². The maximum atomic E-state index is 13.0. The van der Waals surface area contributed by atoms with Crippen LogP contribution in [0.5, 0.6) is 0 Å². The summed E-state index contributed by atoms with van der Waals surface area (Å²) in [6, 6.07) is -4.47. The summed E-state index contributed by atoms with van der Waals surface area (Å²) in [6.07, 6.45) is 2.28. The molecule has 3 amide bonds. The van der Waals surface area contributed by atoms with E-state index in [9.17, 15) is 29.1 Å². The minimum absolute atomic E-state index is 0.00276. The molecule has 0 saturated heterocycles. The average Bonchev–Trinajstić information content (AvgIpc) is 2.72. The molecule has 12 heteroatoms. The molecule has 0 heterocycles. The summed E-state index contributed by atoms with van der Waals surface area (Å²) in [7, 11) is 0. The van der Waals surface area contributed by atoms with E-state index in [0.29, 0.717) is 12.2 Å². The minimum atomic E-state index is -1.33. The number of carbonyl (C=O) groups is 5. The summed E-state index contributed by atoms with van der Waals surface area (Å²) in [5, 5.41) is 25.9. The molecule has 0 aromatic rings. The molecule has 5 atom stereocenters. The summed E-state index contributed by atoms with van der Waals surface area (Å²) in [5.74, 6) is -4.23. The Balaban J connectivity index is 5.51. The van der Waals surface area contributed by atoms with Crippen LogP contribution in [0.3, 0.4) is 0 Å². The van der Waals surface area contributed by atoms with Crippen molar-refractivity contribution >= 4 is 41.4 Å². The third-order valence-electron chi connectivity index (χ3n) is 5.09. The van der Waals surface area contributed by atoms with E-state index in [1.165, 1.54) is 11.8 Å². The summed E-state index contributed by atoms with van der Waals surface area (Å²) in [4.78, 5) is 60.5. The Morgan fingerprint density at radius 3 is 1.91 bits per heavy atom. The summed E-state index contributed by atoms with van der Waals surface area (Å²) in [6.45, 7) is 7.20. The van der Waals surface area contributed by atoms with Gasteiger partial charge in [0.2, 0.25) is 17.7 Å². The van der Waals surface area contributed by atoms with Gasteiger partial charge in [-0.25, -0.2) is 4.79 Å². The van der Waals surface area contributed by atoms with Gasteiger partial charge >= 0.3 is 11.9 Å². The Labute approximate surface area is 199 Å². The van der Waals surface area contributed by atoms with Crippen LogP contribution >= 0.6 is 11.8 Å². The Morgan fingerprint density at radius 1 is 0.909 bits per heavy atom. The van der Waals surface area contributed by atoms with E-state index in [1.807, 2.05) is 27.0 Å². The van der Waals surface area contributed by atoms with Gasteiger partial charge in [0, 0.05) is 0 Å². The third kappa shape index (κ3) is 11.9. The molecule has 0 saturated carbocycles. The lowest BCUT2D eigenvalue weighted by Crippen LogP contribution is -2.58. The topological polar surface area (TPSA) is 188 Å². The normalized spacial score (nSPS) is 15.6. The lowest BCUT2D eigenvalue weighted by molar-refractivity contribution is -0.143. The molecule has 0 bridgehead atoms. The summed E-state index contributed by atoms with van der Waals surface area (Å²) in [5.41, 5.74) is 5.59. The summed E-state index contributed by atoms with van der Waals surface area (Å²) < 4.78 is 0. The molecule has 0 fully saturated rings. The van der Waals surface area contributed by atoms with Crippen LogP contribution in [-0.2, 0) is 24.0 Å². The van der Waals surface area contributed by atoms with Crippen molar-refractivity contribution in [1.82, 2.24) is 16.0 Å². The predicted molar refractivity (Wildman–Crippen MR) is 126 cm³/mol. The Bertz CT molecular complexity index is 690. The number of nitrogens with one attached hydrogen (secondary N) is 3. The number of amides is 3. The van der Waals surface area contributed by atoms with Crippen molar-refractivity contribution in [1.29, 1.82) is 0 Å². The molecule has 11 nitrogen and oxygen atoms in total. The van der Waals surface area contributed by atoms with Crippen LogP contribution in [0.2, 0.25) is 0 Å². The van der Waals surface area contributed by atoms with Gasteiger partial charge in [0.15, 0.2) is 0 Å². The molecular weight excluding hydrogens is 452 g/mol. The number of carboxylic acid groups (broad SMARTS) is 2. The zero-order valence-corrected chi connectivity index (χ0v) is 20.7. The largest absolute Gasteiger partial charge is 0.481 e. The second-order valence-corrected chi connectivity index (χ2v) is 9.43. The van der Waals surface area contributed by atoms with E-state index < -0.39 is 60.2 Å². The summed E-state index contributed by atoms with van der Waals surface area (Å²) >= 11 is 1.46. The Morgan fingerprint density at radius 2 is 1.45 bits per heavy atom. The molecule has 33 heavy (non-hydrogen) atoms. The van der Waals surface area contributed by atoms with Crippen molar-refractivity contribution in [3.05, 3.63) is 0 Å². The smallest absolute Gasteiger partial charge is 0.326 e. The van der Waals surface area contributed by atoms with Gasteiger partial charge in [0.1, 0.15) is 18.1 Å². The maximum absolute atomic E-state index is 13.0. The van der Waals surface area contributed by atoms with Crippen LogP contribution < -0.4 is 21.7 Å². The van der Waals surface area contributed by atoms with Gasteiger partial charge < -0.3 is 31.9 Å². The number of nitrogens with two attached hydrogens (primary N) is 1. The van der Waals surface area contributed by atoms with Crippen LogP contribution in [0.1, 0.15) is 53.4 Å². The number of hydrogen-bond acceptors (Lipinski definition) is 7. The fourth-order valence-electron chi connectivity index (χ4n) is 2.98. The van der Waals surface area contributed by atoms with Gasteiger partial charge in [-0.3, -0.25) is 19.2 Å². The number of carboxylic acids is 2. The molecule has 0 aliphatic rings. The SMILES string of the molecule is CCC(C)C(NC(=O)C(CCSC)NC(=O)C(CC(C)C)NC(=O)C(N)CC(=O)O)C(=O)O.